The number of rotatable bonds is 6. The summed E-state index contributed by atoms with van der Waals surface area (Å²) in [6, 6.07) is 9.16. The second-order valence-electron chi connectivity index (χ2n) is 6.42. The lowest BCUT2D eigenvalue weighted by Crippen LogP contribution is -2.40. The van der Waals surface area contributed by atoms with Crippen LogP contribution >= 0.6 is 0 Å². The number of hydrogen-bond acceptors (Lipinski definition) is 2. The molecule has 114 valence electrons. The fourth-order valence-electron chi connectivity index (χ4n) is 3.61. The van der Waals surface area contributed by atoms with E-state index < -0.39 is 0 Å². The molecule has 1 aromatic rings. The summed E-state index contributed by atoms with van der Waals surface area (Å²) in [5.74, 6) is 1.72. The Morgan fingerprint density at radius 3 is 2.81 bits per heavy atom. The van der Waals surface area contributed by atoms with E-state index in [4.69, 9.17) is 4.74 Å². The van der Waals surface area contributed by atoms with Gasteiger partial charge in [0.15, 0.2) is 0 Å². The zero-order chi connectivity index (χ0) is 14.5. The van der Waals surface area contributed by atoms with Crippen LogP contribution in [0.2, 0.25) is 0 Å². The molecule has 1 aromatic carbocycles. The first kappa shape index (κ1) is 14.6. The van der Waals surface area contributed by atoms with Gasteiger partial charge in [0, 0.05) is 6.04 Å². The van der Waals surface area contributed by atoms with Crippen LogP contribution in [0.25, 0.3) is 0 Å². The Labute approximate surface area is 128 Å². The van der Waals surface area contributed by atoms with E-state index in [1.165, 1.54) is 50.5 Å². The van der Waals surface area contributed by atoms with E-state index in [1.807, 2.05) is 0 Å². The molecular formula is C19H27NO. The normalized spacial score (nSPS) is 25.1. The number of methoxy groups -OCH3 is 1. The molecule has 0 bridgehead atoms. The quantitative estimate of drug-likeness (QED) is 0.781. The average Bonchev–Trinajstić information content (AvgIpc) is 2.50. The smallest absolute Gasteiger partial charge is 0.122 e. The van der Waals surface area contributed by atoms with Crippen LogP contribution in [-0.4, -0.2) is 19.7 Å². The summed E-state index contributed by atoms with van der Waals surface area (Å²) in [5, 5.41) is 3.72. The van der Waals surface area contributed by atoms with Crippen LogP contribution in [0.1, 0.15) is 56.4 Å². The molecule has 1 N–H and O–H groups in total. The molecule has 0 aliphatic heterocycles. The lowest BCUT2D eigenvalue weighted by Gasteiger charge is -2.37. The monoisotopic (exact) mass is 285 g/mol. The Morgan fingerprint density at radius 2 is 2.05 bits per heavy atom. The average molecular weight is 285 g/mol. The number of nitrogens with one attached hydrogen (secondary N) is 1. The molecule has 0 amide bonds. The predicted molar refractivity (Wildman–Crippen MR) is 87.9 cm³/mol. The Hall–Kier alpha value is -1.28. The minimum absolute atomic E-state index is 0.674. The van der Waals surface area contributed by atoms with E-state index >= 15 is 0 Å². The summed E-state index contributed by atoms with van der Waals surface area (Å²) in [6.07, 6.45) is 11.6. The van der Waals surface area contributed by atoms with Crippen molar-refractivity contribution < 1.29 is 4.74 Å². The van der Waals surface area contributed by atoms with Gasteiger partial charge in [0.1, 0.15) is 5.75 Å². The van der Waals surface area contributed by atoms with Gasteiger partial charge in [-0.3, -0.25) is 0 Å². The summed E-state index contributed by atoms with van der Waals surface area (Å²) in [4.78, 5) is 0. The summed E-state index contributed by atoms with van der Waals surface area (Å²) < 4.78 is 5.47. The molecule has 2 heteroatoms. The number of benzene rings is 1. The van der Waals surface area contributed by atoms with E-state index in [1.54, 1.807) is 12.7 Å². The molecule has 2 nitrogen and oxygen atoms in total. The van der Waals surface area contributed by atoms with Crippen molar-refractivity contribution in [2.45, 2.75) is 56.9 Å². The second-order valence-corrected chi connectivity index (χ2v) is 6.42. The minimum Gasteiger partial charge on any atom is -0.496 e. The van der Waals surface area contributed by atoms with Crippen LogP contribution in [0.3, 0.4) is 0 Å². The predicted octanol–water partition coefficient (Wildman–Crippen LogP) is 4.42. The van der Waals surface area contributed by atoms with Gasteiger partial charge in [-0.05, 0) is 69.0 Å². The third-order valence-electron chi connectivity index (χ3n) is 4.98. The van der Waals surface area contributed by atoms with Crippen LogP contribution in [0, 0.1) is 0 Å². The Balaban J connectivity index is 1.40. The van der Waals surface area contributed by atoms with Crippen molar-refractivity contribution in [3.63, 3.8) is 0 Å². The van der Waals surface area contributed by atoms with Crippen LogP contribution in [0.5, 0.6) is 5.75 Å². The number of allylic oxidation sites excluding steroid dienone is 1. The van der Waals surface area contributed by atoms with Gasteiger partial charge in [0.25, 0.3) is 0 Å². The molecule has 21 heavy (non-hydrogen) atoms. The Kier molecular flexibility index (Phi) is 4.97. The topological polar surface area (TPSA) is 21.3 Å². The maximum atomic E-state index is 5.47. The van der Waals surface area contributed by atoms with Gasteiger partial charge < -0.3 is 10.1 Å². The second kappa shape index (κ2) is 7.13. The van der Waals surface area contributed by atoms with Crippen molar-refractivity contribution in [2.75, 3.05) is 13.7 Å². The first-order chi connectivity index (χ1) is 10.4. The van der Waals surface area contributed by atoms with E-state index in [2.05, 4.69) is 35.7 Å². The van der Waals surface area contributed by atoms with Crippen LogP contribution < -0.4 is 10.1 Å². The molecule has 0 saturated heterocycles. The largest absolute Gasteiger partial charge is 0.496 e. The van der Waals surface area contributed by atoms with Gasteiger partial charge in [0.05, 0.1) is 7.11 Å². The summed E-state index contributed by atoms with van der Waals surface area (Å²) in [6.45, 7) is 1.15. The SMILES string of the molecule is COc1ccccc1C1CC(NCCC2=CCCCC2)C1. The molecule has 2 aliphatic rings. The van der Waals surface area contributed by atoms with Gasteiger partial charge in [0.2, 0.25) is 0 Å². The van der Waals surface area contributed by atoms with Crippen molar-refractivity contribution in [1.82, 2.24) is 5.32 Å². The van der Waals surface area contributed by atoms with Crippen molar-refractivity contribution >= 4 is 0 Å². The summed E-state index contributed by atoms with van der Waals surface area (Å²) in [7, 11) is 1.77. The highest BCUT2D eigenvalue weighted by molar-refractivity contribution is 5.37. The van der Waals surface area contributed by atoms with Gasteiger partial charge in [-0.2, -0.15) is 0 Å². The zero-order valence-electron chi connectivity index (χ0n) is 13.1. The van der Waals surface area contributed by atoms with Gasteiger partial charge >= 0.3 is 0 Å². The first-order valence-corrected chi connectivity index (χ1v) is 8.41. The molecule has 1 saturated carbocycles. The lowest BCUT2D eigenvalue weighted by atomic mass is 9.75. The molecule has 0 unspecified atom stereocenters. The summed E-state index contributed by atoms with van der Waals surface area (Å²) in [5.41, 5.74) is 3.06. The van der Waals surface area contributed by atoms with E-state index in [-0.39, 0.29) is 0 Å². The molecule has 2 aliphatic carbocycles. The van der Waals surface area contributed by atoms with Gasteiger partial charge in [-0.15, -0.1) is 0 Å². The highest BCUT2D eigenvalue weighted by Crippen LogP contribution is 2.40. The lowest BCUT2D eigenvalue weighted by molar-refractivity contribution is 0.284. The molecule has 3 rings (SSSR count). The molecule has 0 aromatic heterocycles. The molecule has 0 atom stereocenters. The molecule has 0 spiro atoms. The maximum Gasteiger partial charge on any atom is 0.122 e. The fraction of sp³-hybridized carbons (Fsp3) is 0.579. The van der Waals surface area contributed by atoms with E-state index in [0.29, 0.717) is 12.0 Å². The van der Waals surface area contributed by atoms with Crippen LogP contribution in [0.4, 0.5) is 0 Å². The Bertz CT molecular complexity index is 488. The molecule has 0 heterocycles. The van der Waals surface area contributed by atoms with Crippen molar-refractivity contribution in [2.24, 2.45) is 0 Å². The van der Waals surface area contributed by atoms with Gasteiger partial charge in [-0.25, -0.2) is 0 Å². The van der Waals surface area contributed by atoms with Crippen LogP contribution in [-0.2, 0) is 0 Å². The first-order valence-electron chi connectivity index (χ1n) is 8.41. The minimum atomic E-state index is 0.674. The van der Waals surface area contributed by atoms with Crippen molar-refractivity contribution in [1.29, 1.82) is 0 Å². The van der Waals surface area contributed by atoms with Crippen LogP contribution in [0.15, 0.2) is 35.9 Å². The molecular weight excluding hydrogens is 258 g/mol. The van der Waals surface area contributed by atoms with Crippen molar-refractivity contribution in [3.05, 3.63) is 41.5 Å². The number of para-hydroxylation sites is 1. The molecule has 1 fully saturated rings. The maximum absolute atomic E-state index is 5.47. The highest BCUT2D eigenvalue weighted by atomic mass is 16.5. The molecule has 0 radical (unpaired) electrons. The van der Waals surface area contributed by atoms with E-state index in [9.17, 15) is 0 Å². The Morgan fingerprint density at radius 1 is 1.19 bits per heavy atom. The highest BCUT2D eigenvalue weighted by Gasteiger charge is 2.31. The fourth-order valence-corrected chi connectivity index (χ4v) is 3.61. The standard InChI is InChI=1S/C19H27NO/c1-21-19-10-6-5-9-18(19)16-13-17(14-16)20-12-11-15-7-3-2-4-8-15/h5-7,9-10,16-17,20H,2-4,8,11-14H2,1H3. The number of ether oxygens (including phenoxy) is 1. The van der Waals surface area contributed by atoms with E-state index in [0.717, 1.165) is 12.3 Å². The van der Waals surface area contributed by atoms with Gasteiger partial charge in [-0.1, -0.05) is 29.8 Å². The third kappa shape index (κ3) is 3.68. The number of hydrogen-bond donors (Lipinski definition) is 1. The third-order valence-corrected chi connectivity index (χ3v) is 4.98. The zero-order valence-corrected chi connectivity index (χ0v) is 13.1. The van der Waals surface area contributed by atoms with Crippen molar-refractivity contribution in [3.8, 4) is 5.75 Å². The summed E-state index contributed by atoms with van der Waals surface area (Å²) >= 11 is 0.